The third-order valence-corrected chi connectivity index (χ3v) is 2.55. The lowest BCUT2D eigenvalue weighted by Gasteiger charge is -2.18. The van der Waals surface area contributed by atoms with Gasteiger partial charge in [0.15, 0.2) is 0 Å². The van der Waals surface area contributed by atoms with Gasteiger partial charge >= 0.3 is 0 Å². The average Bonchev–Trinajstić information content (AvgIpc) is 2.12. The van der Waals surface area contributed by atoms with Gasteiger partial charge in [-0.3, -0.25) is 0 Å². The number of allylic oxidation sites excluding steroid dienone is 8. The molecule has 0 aliphatic carbocycles. The van der Waals surface area contributed by atoms with Crippen LogP contribution < -0.4 is 0 Å². The molecule has 0 saturated carbocycles. The van der Waals surface area contributed by atoms with Crippen molar-refractivity contribution in [2.45, 2.75) is 55.4 Å². The van der Waals surface area contributed by atoms with E-state index < -0.39 is 0 Å². The Hall–Kier alpha value is -1.04. The smallest absolute Gasteiger partial charge is 0.00492 e. The minimum Gasteiger partial charge on any atom is -0.0798 e. The maximum atomic E-state index is 2.37. The molecular weight excluding hydrogens is 216 g/mol. The molecule has 18 heavy (non-hydrogen) atoms. The monoisotopic (exact) mass is 246 g/mol. The Labute approximate surface area is 114 Å². The van der Waals surface area contributed by atoms with Gasteiger partial charge in [0.2, 0.25) is 0 Å². The van der Waals surface area contributed by atoms with Crippen LogP contribution in [0.1, 0.15) is 55.4 Å². The van der Waals surface area contributed by atoms with Crippen LogP contribution in [0, 0.1) is 11.8 Å². The van der Waals surface area contributed by atoms with Gasteiger partial charge in [-0.1, -0.05) is 46.6 Å². The van der Waals surface area contributed by atoms with E-state index in [0.29, 0.717) is 11.8 Å². The zero-order valence-corrected chi connectivity index (χ0v) is 13.5. The van der Waals surface area contributed by atoms with Crippen LogP contribution in [0.5, 0.6) is 0 Å². The molecule has 0 unspecified atom stereocenters. The van der Waals surface area contributed by atoms with E-state index >= 15 is 0 Å². The maximum Gasteiger partial charge on any atom is 0.00492 e. The van der Waals surface area contributed by atoms with Gasteiger partial charge < -0.3 is 0 Å². The minimum absolute atomic E-state index is 0.463. The van der Waals surface area contributed by atoms with Crippen molar-refractivity contribution in [3.63, 3.8) is 0 Å². The SMILES string of the molecule is CC(C)=CC(C=C(C)C)C(C=C(C)C)C=C(C)C. The lowest BCUT2D eigenvalue weighted by atomic mass is 9.86. The maximum absolute atomic E-state index is 2.37. The molecule has 0 aliphatic heterocycles. The molecule has 0 radical (unpaired) electrons. The van der Waals surface area contributed by atoms with Crippen molar-refractivity contribution >= 4 is 0 Å². The first kappa shape index (κ1) is 17.0. The predicted octanol–water partition coefficient (Wildman–Crippen LogP) is 6.08. The van der Waals surface area contributed by atoms with E-state index in [-0.39, 0.29) is 0 Å². The second-order valence-electron chi connectivity index (χ2n) is 6.13. The summed E-state index contributed by atoms with van der Waals surface area (Å²) in [5.74, 6) is 0.926. The fraction of sp³-hybridized carbons (Fsp3) is 0.556. The molecule has 0 rings (SSSR count). The normalized spacial score (nSPS) is 10.1. The van der Waals surface area contributed by atoms with E-state index in [1.54, 1.807) is 0 Å². The number of rotatable bonds is 5. The van der Waals surface area contributed by atoms with Crippen molar-refractivity contribution in [1.82, 2.24) is 0 Å². The van der Waals surface area contributed by atoms with E-state index in [9.17, 15) is 0 Å². The molecule has 0 amide bonds. The minimum atomic E-state index is 0.463. The highest BCUT2D eigenvalue weighted by Crippen LogP contribution is 2.24. The summed E-state index contributed by atoms with van der Waals surface area (Å²) < 4.78 is 0. The van der Waals surface area contributed by atoms with Gasteiger partial charge in [0.1, 0.15) is 0 Å². The second-order valence-corrected chi connectivity index (χ2v) is 6.13. The summed E-state index contributed by atoms with van der Waals surface area (Å²) in [6.45, 7) is 17.4. The van der Waals surface area contributed by atoms with Crippen LogP contribution in [0.15, 0.2) is 46.6 Å². The number of hydrogen-bond acceptors (Lipinski definition) is 0. The molecule has 0 fully saturated rings. The van der Waals surface area contributed by atoms with Crippen LogP contribution in [-0.2, 0) is 0 Å². The first-order chi connectivity index (χ1) is 8.22. The summed E-state index contributed by atoms with van der Waals surface area (Å²) in [4.78, 5) is 0. The lowest BCUT2D eigenvalue weighted by molar-refractivity contribution is 0.657. The molecule has 0 aliphatic rings. The van der Waals surface area contributed by atoms with Crippen LogP contribution in [0.3, 0.4) is 0 Å². The summed E-state index contributed by atoms with van der Waals surface area (Å²) >= 11 is 0. The van der Waals surface area contributed by atoms with Crippen molar-refractivity contribution in [2.75, 3.05) is 0 Å². The third kappa shape index (κ3) is 8.11. The Morgan fingerprint density at radius 3 is 0.722 bits per heavy atom. The molecule has 0 spiro atoms. The van der Waals surface area contributed by atoms with Crippen LogP contribution in [0.2, 0.25) is 0 Å². The van der Waals surface area contributed by atoms with E-state index in [1.165, 1.54) is 22.3 Å². The molecule has 0 heteroatoms. The topological polar surface area (TPSA) is 0 Å². The number of hydrogen-bond donors (Lipinski definition) is 0. The Morgan fingerprint density at radius 1 is 0.444 bits per heavy atom. The Kier molecular flexibility index (Phi) is 7.66. The van der Waals surface area contributed by atoms with Crippen LogP contribution in [0.4, 0.5) is 0 Å². The highest BCUT2D eigenvalue weighted by atomic mass is 14.2. The molecule has 0 atom stereocenters. The molecular formula is C18H30. The van der Waals surface area contributed by atoms with E-state index in [4.69, 9.17) is 0 Å². The van der Waals surface area contributed by atoms with E-state index in [2.05, 4.69) is 79.7 Å². The highest BCUT2D eigenvalue weighted by molar-refractivity contribution is 5.20. The van der Waals surface area contributed by atoms with Crippen molar-refractivity contribution in [2.24, 2.45) is 11.8 Å². The van der Waals surface area contributed by atoms with Gasteiger partial charge in [-0.25, -0.2) is 0 Å². The van der Waals surface area contributed by atoms with Crippen molar-refractivity contribution < 1.29 is 0 Å². The molecule has 0 nitrogen and oxygen atoms in total. The first-order valence-corrected chi connectivity index (χ1v) is 6.82. The zero-order valence-electron chi connectivity index (χ0n) is 13.5. The van der Waals surface area contributed by atoms with Crippen molar-refractivity contribution in [1.29, 1.82) is 0 Å². The summed E-state index contributed by atoms with van der Waals surface area (Å²) in [6.07, 6.45) is 9.49. The largest absolute Gasteiger partial charge is 0.0798 e. The molecule has 0 aromatic rings. The van der Waals surface area contributed by atoms with Crippen molar-refractivity contribution in [3.05, 3.63) is 46.6 Å². The molecule has 0 aromatic heterocycles. The summed E-state index contributed by atoms with van der Waals surface area (Å²) in [6, 6.07) is 0. The second kappa shape index (κ2) is 8.13. The molecule has 0 N–H and O–H groups in total. The van der Waals surface area contributed by atoms with Crippen LogP contribution in [-0.4, -0.2) is 0 Å². The summed E-state index contributed by atoms with van der Waals surface area (Å²) in [5, 5.41) is 0. The zero-order chi connectivity index (χ0) is 14.3. The fourth-order valence-electron chi connectivity index (χ4n) is 2.08. The molecule has 0 saturated heterocycles. The van der Waals surface area contributed by atoms with Gasteiger partial charge in [0.05, 0.1) is 0 Å². The molecule has 0 bridgehead atoms. The quantitative estimate of drug-likeness (QED) is 0.515. The fourth-order valence-corrected chi connectivity index (χ4v) is 2.08. The average molecular weight is 246 g/mol. The van der Waals surface area contributed by atoms with Gasteiger partial charge in [-0.15, -0.1) is 0 Å². The molecule has 0 aromatic carbocycles. The van der Waals surface area contributed by atoms with Gasteiger partial charge in [-0.05, 0) is 55.4 Å². The van der Waals surface area contributed by atoms with Gasteiger partial charge in [0.25, 0.3) is 0 Å². The Morgan fingerprint density at radius 2 is 0.611 bits per heavy atom. The highest BCUT2D eigenvalue weighted by Gasteiger charge is 2.12. The van der Waals surface area contributed by atoms with Crippen molar-refractivity contribution in [3.8, 4) is 0 Å². The molecule has 102 valence electrons. The predicted molar refractivity (Wildman–Crippen MR) is 84.7 cm³/mol. The summed E-state index contributed by atoms with van der Waals surface area (Å²) in [5.41, 5.74) is 5.53. The Bertz CT molecular complexity index is 285. The molecule has 0 heterocycles. The lowest BCUT2D eigenvalue weighted by Crippen LogP contribution is -2.08. The van der Waals surface area contributed by atoms with E-state index in [0.717, 1.165) is 0 Å². The van der Waals surface area contributed by atoms with Gasteiger partial charge in [-0.2, -0.15) is 0 Å². The standard InChI is InChI=1S/C18H30/c1-13(2)9-17(10-14(3)4)18(11-15(5)6)12-16(7)8/h9-12,17-18H,1-8H3. The van der Waals surface area contributed by atoms with Crippen LogP contribution >= 0.6 is 0 Å². The summed E-state index contributed by atoms with van der Waals surface area (Å²) in [7, 11) is 0. The first-order valence-electron chi connectivity index (χ1n) is 6.82. The van der Waals surface area contributed by atoms with E-state index in [1.807, 2.05) is 0 Å². The third-order valence-electron chi connectivity index (χ3n) is 2.55. The Balaban J connectivity index is 5.48. The van der Waals surface area contributed by atoms with Crippen LogP contribution in [0.25, 0.3) is 0 Å². The van der Waals surface area contributed by atoms with Gasteiger partial charge in [0, 0.05) is 11.8 Å².